The molecule has 1 amide bonds. The number of imidazole rings is 1. The van der Waals surface area contributed by atoms with Gasteiger partial charge in [-0.15, -0.1) is 0 Å². The van der Waals surface area contributed by atoms with Crippen LogP contribution >= 0.6 is 11.6 Å². The molecule has 0 aliphatic carbocycles. The van der Waals surface area contributed by atoms with Crippen molar-refractivity contribution in [1.82, 2.24) is 15.3 Å². The molecule has 3 aromatic rings. The van der Waals surface area contributed by atoms with Crippen LogP contribution in [0.1, 0.15) is 32.3 Å². The summed E-state index contributed by atoms with van der Waals surface area (Å²) in [5.41, 5.74) is 2.94. The largest absolute Gasteiger partial charge is 0.490 e. The molecule has 0 atom stereocenters. The minimum Gasteiger partial charge on any atom is -0.490 e. The van der Waals surface area contributed by atoms with E-state index >= 15 is 0 Å². The smallest absolute Gasteiger partial charge is 0.223 e. The van der Waals surface area contributed by atoms with Crippen LogP contribution in [0.15, 0.2) is 36.4 Å². The van der Waals surface area contributed by atoms with Crippen molar-refractivity contribution >= 4 is 34.5 Å². The van der Waals surface area contributed by atoms with Crippen molar-refractivity contribution in [2.75, 3.05) is 37.7 Å². The van der Waals surface area contributed by atoms with E-state index in [1.807, 2.05) is 50.2 Å². The number of benzene rings is 2. The number of amides is 1. The van der Waals surface area contributed by atoms with Gasteiger partial charge in [-0.05, 0) is 69.0 Å². The highest BCUT2D eigenvalue weighted by Gasteiger charge is 2.26. The number of anilines is 1. The summed E-state index contributed by atoms with van der Waals surface area (Å²) in [4.78, 5) is 22.9. The van der Waals surface area contributed by atoms with Crippen molar-refractivity contribution in [3.63, 3.8) is 0 Å². The number of aromatic nitrogens is 2. The van der Waals surface area contributed by atoms with Crippen LogP contribution in [0.3, 0.4) is 0 Å². The van der Waals surface area contributed by atoms with Crippen molar-refractivity contribution < 1.29 is 14.3 Å². The van der Waals surface area contributed by atoms with E-state index in [9.17, 15) is 4.79 Å². The number of fused-ring (bicyclic) bond motifs is 1. The van der Waals surface area contributed by atoms with E-state index in [-0.39, 0.29) is 11.8 Å². The molecule has 0 unspecified atom stereocenters. The molecule has 8 heteroatoms. The first-order valence-electron chi connectivity index (χ1n) is 11.6. The molecule has 176 valence electrons. The zero-order valence-corrected chi connectivity index (χ0v) is 20.0. The predicted molar refractivity (Wildman–Crippen MR) is 132 cm³/mol. The zero-order chi connectivity index (χ0) is 23.2. The summed E-state index contributed by atoms with van der Waals surface area (Å²) < 4.78 is 11.3. The number of aromatic amines is 1. The Labute approximate surface area is 199 Å². The van der Waals surface area contributed by atoms with Gasteiger partial charge in [0.15, 0.2) is 11.5 Å². The molecule has 2 N–H and O–H groups in total. The molecule has 1 fully saturated rings. The van der Waals surface area contributed by atoms with E-state index in [0.29, 0.717) is 24.8 Å². The van der Waals surface area contributed by atoms with E-state index in [2.05, 4.69) is 20.2 Å². The van der Waals surface area contributed by atoms with Crippen LogP contribution in [0.2, 0.25) is 5.02 Å². The first-order chi connectivity index (χ1) is 16.1. The Kier molecular flexibility index (Phi) is 7.60. The average molecular weight is 471 g/mol. The van der Waals surface area contributed by atoms with Gasteiger partial charge in [0.1, 0.15) is 0 Å². The maximum atomic E-state index is 12.7. The summed E-state index contributed by atoms with van der Waals surface area (Å²) in [6.45, 7) is 7.28. The SMILES string of the molecule is CCOc1ccc(CCNC(=O)C2CCN(c3nc4ccc(Cl)cc4[nH]3)CC2)cc1OCC. The van der Waals surface area contributed by atoms with E-state index in [1.165, 1.54) is 0 Å². The Morgan fingerprint density at radius 3 is 2.64 bits per heavy atom. The summed E-state index contributed by atoms with van der Waals surface area (Å²) in [5.74, 6) is 2.50. The van der Waals surface area contributed by atoms with Gasteiger partial charge in [0.05, 0.1) is 24.2 Å². The summed E-state index contributed by atoms with van der Waals surface area (Å²) in [7, 11) is 0. The van der Waals surface area contributed by atoms with Gasteiger partial charge in [-0.3, -0.25) is 4.79 Å². The maximum Gasteiger partial charge on any atom is 0.223 e. The fraction of sp³-hybridized carbons (Fsp3) is 0.440. The molecule has 1 aliphatic heterocycles. The molecule has 4 rings (SSSR count). The number of halogens is 1. The average Bonchev–Trinajstić information content (AvgIpc) is 3.24. The molecule has 0 saturated carbocycles. The number of hydrogen-bond donors (Lipinski definition) is 2. The van der Waals surface area contributed by atoms with Gasteiger partial charge in [-0.2, -0.15) is 0 Å². The third-order valence-electron chi connectivity index (χ3n) is 5.92. The molecule has 1 aliphatic rings. The van der Waals surface area contributed by atoms with Gasteiger partial charge in [-0.25, -0.2) is 4.98 Å². The van der Waals surface area contributed by atoms with Gasteiger partial charge < -0.3 is 24.7 Å². The summed E-state index contributed by atoms with van der Waals surface area (Å²) in [5, 5.41) is 3.79. The first-order valence-corrected chi connectivity index (χ1v) is 12.0. The van der Waals surface area contributed by atoms with E-state index in [1.54, 1.807) is 0 Å². The third kappa shape index (κ3) is 5.71. The Morgan fingerprint density at radius 1 is 1.12 bits per heavy atom. The van der Waals surface area contributed by atoms with Crippen LogP contribution < -0.4 is 19.7 Å². The molecule has 7 nitrogen and oxygen atoms in total. The number of nitrogens with one attached hydrogen (secondary N) is 2. The molecule has 1 saturated heterocycles. The van der Waals surface area contributed by atoms with E-state index < -0.39 is 0 Å². The molecule has 33 heavy (non-hydrogen) atoms. The van der Waals surface area contributed by atoms with Crippen molar-refractivity contribution in [2.45, 2.75) is 33.1 Å². The zero-order valence-electron chi connectivity index (χ0n) is 19.2. The molecular weight excluding hydrogens is 440 g/mol. The summed E-state index contributed by atoms with van der Waals surface area (Å²) >= 11 is 6.07. The Hall–Kier alpha value is -2.93. The van der Waals surface area contributed by atoms with E-state index in [4.69, 9.17) is 21.1 Å². The van der Waals surface area contributed by atoms with Crippen LogP contribution in [0.4, 0.5) is 5.95 Å². The van der Waals surface area contributed by atoms with Crippen molar-refractivity contribution in [1.29, 1.82) is 0 Å². The van der Waals surface area contributed by atoms with Crippen LogP contribution in [0, 0.1) is 5.92 Å². The number of rotatable bonds is 9. The lowest BCUT2D eigenvalue weighted by atomic mass is 9.96. The second kappa shape index (κ2) is 10.8. The Balaban J connectivity index is 1.26. The normalized spacial score (nSPS) is 14.5. The van der Waals surface area contributed by atoms with Gasteiger partial charge in [-0.1, -0.05) is 17.7 Å². The highest BCUT2D eigenvalue weighted by molar-refractivity contribution is 6.31. The van der Waals surface area contributed by atoms with Crippen LogP contribution in [-0.2, 0) is 11.2 Å². The minimum absolute atomic E-state index is 0.0272. The molecule has 2 heterocycles. The molecular formula is C25H31ClN4O3. The molecule has 0 bridgehead atoms. The fourth-order valence-corrected chi connectivity index (χ4v) is 4.37. The lowest BCUT2D eigenvalue weighted by Gasteiger charge is -2.31. The number of H-pyrrole nitrogens is 1. The predicted octanol–water partition coefficient (Wildman–Crippen LogP) is 4.59. The van der Waals surface area contributed by atoms with Crippen molar-refractivity contribution in [3.8, 4) is 11.5 Å². The second-order valence-electron chi connectivity index (χ2n) is 8.17. The van der Waals surface area contributed by atoms with Gasteiger partial charge in [0.2, 0.25) is 11.9 Å². The van der Waals surface area contributed by atoms with Gasteiger partial charge in [0.25, 0.3) is 0 Å². The van der Waals surface area contributed by atoms with Crippen molar-refractivity contribution in [2.24, 2.45) is 5.92 Å². The molecule has 0 spiro atoms. The lowest BCUT2D eigenvalue weighted by Crippen LogP contribution is -2.41. The highest BCUT2D eigenvalue weighted by Crippen LogP contribution is 2.29. The maximum absolute atomic E-state index is 12.7. The third-order valence-corrected chi connectivity index (χ3v) is 6.15. The Morgan fingerprint density at radius 2 is 1.88 bits per heavy atom. The number of hydrogen-bond acceptors (Lipinski definition) is 5. The van der Waals surface area contributed by atoms with Gasteiger partial charge >= 0.3 is 0 Å². The monoisotopic (exact) mass is 470 g/mol. The number of carbonyl (C=O) groups is 1. The van der Waals surface area contributed by atoms with Crippen LogP contribution in [-0.4, -0.2) is 48.7 Å². The van der Waals surface area contributed by atoms with Gasteiger partial charge in [0, 0.05) is 30.6 Å². The topological polar surface area (TPSA) is 79.5 Å². The Bertz CT molecular complexity index is 1090. The first kappa shape index (κ1) is 23.2. The highest BCUT2D eigenvalue weighted by atomic mass is 35.5. The quantitative estimate of drug-likeness (QED) is 0.478. The fourth-order valence-electron chi connectivity index (χ4n) is 4.20. The number of nitrogens with zero attached hydrogens (tertiary/aromatic N) is 2. The molecule has 2 aromatic carbocycles. The number of ether oxygens (including phenoxy) is 2. The molecule has 0 radical (unpaired) electrons. The molecule has 1 aromatic heterocycles. The number of carbonyl (C=O) groups excluding carboxylic acids is 1. The lowest BCUT2D eigenvalue weighted by molar-refractivity contribution is -0.125. The standard InChI is InChI=1S/C25H31ClN4O3/c1-3-32-22-8-5-17(15-23(22)33-4-2)9-12-27-24(31)18-10-13-30(14-11-18)25-28-20-7-6-19(26)16-21(20)29-25/h5-8,15-16,18H,3-4,9-14H2,1-2H3,(H,27,31)(H,28,29). The van der Waals surface area contributed by atoms with Crippen molar-refractivity contribution in [3.05, 3.63) is 47.0 Å². The van der Waals surface area contributed by atoms with E-state index in [0.717, 1.165) is 66.4 Å². The summed E-state index contributed by atoms with van der Waals surface area (Å²) in [6, 6.07) is 11.6. The minimum atomic E-state index is 0.0272. The summed E-state index contributed by atoms with van der Waals surface area (Å²) in [6.07, 6.45) is 2.36. The van der Waals surface area contributed by atoms with Crippen LogP contribution in [0.5, 0.6) is 11.5 Å². The second-order valence-corrected chi connectivity index (χ2v) is 8.61. The van der Waals surface area contributed by atoms with Crippen LogP contribution in [0.25, 0.3) is 11.0 Å². The number of piperidine rings is 1.